The largest absolute Gasteiger partial charge is 0.497 e. The number of amides is 1. The number of nitrogens with two attached hydrogens (primary N) is 1. The van der Waals surface area contributed by atoms with Crippen molar-refractivity contribution in [1.29, 1.82) is 10.5 Å². The van der Waals surface area contributed by atoms with Gasteiger partial charge in [-0.3, -0.25) is 4.79 Å². The Bertz CT molecular complexity index is 1130. The number of nitriles is 2. The molecule has 144 valence electrons. The number of methoxy groups -OCH3 is 1. The van der Waals surface area contributed by atoms with Gasteiger partial charge in [-0.05, 0) is 23.6 Å². The third-order valence-electron chi connectivity index (χ3n) is 3.88. The van der Waals surface area contributed by atoms with Crippen LogP contribution >= 0.6 is 23.1 Å². The number of nitrogens with zero attached hydrogens (tertiary/aromatic N) is 3. The van der Waals surface area contributed by atoms with Gasteiger partial charge in [-0.2, -0.15) is 10.5 Å². The van der Waals surface area contributed by atoms with Crippen molar-refractivity contribution < 1.29 is 9.53 Å². The summed E-state index contributed by atoms with van der Waals surface area (Å²) in [5.74, 6) is 0.415. The van der Waals surface area contributed by atoms with Crippen LogP contribution in [0.4, 0.5) is 11.5 Å². The molecular weight excluding hydrogens is 406 g/mol. The third-order valence-corrected chi connectivity index (χ3v) is 5.74. The number of nitrogen functional groups attached to an aromatic ring is 1. The van der Waals surface area contributed by atoms with Crippen LogP contribution in [0.2, 0.25) is 0 Å². The van der Waals surface area contributed by atoms with Crippen molar-refractivity contribution in [3.05, 3.63) is 52.9 Å². The zero-order chi connectivity index (χ0) is 20.8. The van der Waals surface area contributed by atoms with Crippen LogP contribution in [-0.4, -0.2) is 23.8 Å². The molecule has 2 heterocycles. The molecule has 0 radical (unpaired) electrons. The van der Waals surface area contributed by atoms with Crippen molar-refractivity contribution in [1.82, 2.24) is 4.98 Å². The number of hydrogen-bond donors (Lipinski definition) is 2. The second kappa shape index (κ2) is 9.11. The van der Waals surface area contributed by atoms with Crippen molar-refractivity contribution in [3.63, 3.8) is 0 Å². The summed E-state index contributed by atoms with van der Waals surface area (Å²) in [5.41, 5.74) is 7.40. The van der Waals surface area contributed by atoms with Crippen LogP contribution in [0.1, 0.15) is 11.1 Å². The number of pyridine rings is 1. The van der Waals surface area contributed by atoms with E-state index in [0.29, 0.717) is 22.0 Å². The molecule has 0 fully saturated rings. The average Bonchev–Trinajstić information content (AvgIpc) is 3.26. The van der Waals surface area contributed by atoms with Crippen molar-refractivity contribution in [3.8, 4) is 28.3 Å². The highest BCUT2D eigenvalue weighted by molar-refractivity contribution is 8.00. The lowest BCUT2D eigenvalue weighted by molar-refractivity contribution is -0.113. The number of benzene rings is 1. The first-order valence-electron chi connectivity index (χ1n) is 8.31. The Hall–Kier alpha value is -3.53. The number of anilines is 2. The molecule has 3 N–H and O–H groups in total. The molecule has 1 amide bonds. The Morgan fingerprint density at radius 3 is 2.72 bits per heavy atom. The fraction of sp³-hybridized carbons (Fsp3) is 0.100. The summed E-state index contributed by atoms with van der Waals surface area (Å²) in [4.78, 5) is 17.3. The lowest BCUT2D eigenvalue weighted by Crippen LogP contribution is -2.14. The molecule has 0 aliphatic carbocycles. The number of nitrogens with one attached hydrogen (secondary N) is 1. The zero-order valence-electron chi connectivity index (χ0n) is 15.3. The van der Waals surface area contributed by atoms with Gasteiger partial charge < -0.3 is 15.8 Å². The van der Waals surface area contributed by atoms with E-state index in [9.17, 15) is 15.3 Å². The van der Waals surface area contributed by atoms with Gasteiger partial charge in [0, 0.05) is 22.2 Å². The van der Waals surface area contributed by atoms with Crippen LogP contribution in [0.25, 0.3) is 10.4 Å². The number of rotatable bonds is 6. The number of aromatic nitrogens is 1. The standard InChI is InChI=1S/C20H15N5O2S2/c1-27-13-5-2-4-12(8-13)24-17(26)11-29-20-15(10-22)18(16-6-3-7-28-16)14(9-21)19(23)25-20/h2-8H,11H2,1H3,(H2,23,25)(H,24,26). The molecule has 1 aromatic carbocycles. The molecule has 9 heteroatoms. The highest BCUT2D eigenvalue weighted by Gasteiger charge is 2.21. The van der Waals surface area contributed by atoms with Gasteiger partial charge in [0.2, 0.25) is 5.91 Å². The third kappa shape index (κ3) is 4.49. The van der Waals surface area contributed by atoms with E-state index in [1.807, 2.05) is 23.6 Å². The molecule has 0 unspecified atom stereocenters. The van der Waals surface area contributed by atoms with Crippen molar-refractivity contribution in [2.75, 3.05) is 23.9 Å². The number of carbonyl (C=O) groups is 1. The first-order valence-corrected chi connectivity index (χ1v) is 10.2. The predicted octanol–water partition coefficient (Wildman–Crippen LogP) is 3.88. The maximum absolute atomic E-state index is 12.3. The number of carbonyl (C=O) groups excluding carboxylic acids is 1. The molecule has 3 rings (SSSR count). The Labute approximate surface area is 175 Å². The molecule has 0 aliphatic heterocycles. The van der Waals surface area contributed by atoms with E-state index >= 15 is 0 Å². The van der Waals surface area contributed by atoms with Crippen molar-refractivity contribution >= 4 is 40.5 Å². The minimum absolute atomic E-state index is 0.0219. The van der Waals surface area contributed by atoms with E-state index in [4.69, 9.17) is 10.5 Å². The van der Waals surface area contributed by atoms with Gasteiger partial charge in [0.15, 0.2) is 0 Å². The molecule has 3 aromatic rings. The molecule has 29 heavy (non-hydrogen) atoms. The van der Waals surface area contributed by atoms with E-state index in [1.54, 1.807) is 31.4 Å². The maximum Gasteiger partial charge on any atom is 0.234 e. The Morgan fingerprint density at radius 1 is 1.28 bits per heavy atom. The molecular formula is C20H15N5O2S2. The number of hydrogen-bond acceptors (Lipinski definition) is 8. The van der Waals surface area contributed by atoms with Crippen LogP contribution in [0.15, 0.2) is 46.8 Å². The maximum atomic E-state index is 12.3. The minimum atomic E-state index is -0.269. The van der Waals surface area contributed by atoms with Gasteiger partial charge >= 0.3 is 0 Å². The van der Waals surface area contributed by atoms with Crippen molar-refractivity contribution in [2.45, 2.75) is 5.03 Å². The van der Waals surface area contributed by atoms with Gasteiger partial charge in [-0.25, -0.2) is 4.98 Å². The van der Waals surface area contributed by atoms with Gasteiger partial charge in [-0.15, -0.1) is 11.3 Å². The van der Waals surface area contributed by atoms with Crippen LogP contribution in [0.3, 0.4) is 0 Å². The average molecular weight is 422 g/mol. The molecule has 0 atom stereocenters. The fourth-order valence-electron chi connectivity index (χ4n) is 2.60. The van der Waals surface area contributed by atoms with Gasteiger partial charge in [-0.1, -0.05) is 23.9 Å². The Balaban J connectivity index is 1.85. The first kappa shape index (κ1) is 20.2. The van der Waals surface area contributed by atoms with E-state index in [2.05, 4.69) is 16.4 Å². The molecule has 0 saturated heterocycles. The van der Waals surface area contributed by atoms with Crippen LogP contribution in [0, 0.1) is 22.7 Å². The summed E-state index contributed by atoms with van der Waals surface area (Å²) in [5, 5.41) is 24.1. The first-order chi connectivity index (χ1) is 14.1. The lowest BCUT2D eigenvalue weighted by Gasteiger charge is -2.12. The molecule has 0 saturated carbocycles. The molecule has 0 bridgehead atoms. The summed E-state index contributed by atoms with van der Waals surface area (Å²) in [6.45, 7) is 0. The summed E-state index contributed by atoms with van der Waals surface area (Å²) in [6, 6.07) is 14.8. The smallest absolute Gasteiger partial charge is 0.234 e. The number of thioether (sulfide) groups is 1. The van der Waals surface area contributed by atoms with E-state index in [0.717, 1.165) is 16.6 Å². The topological polar surface area (TPSA) is 125 Å². The quantitative estimate of drug-likeness (QED) is 0.579. The second-order valence-corrected chi connectivity index (χ2v) is 7.61. The SMILES string of the molecule is COc1cccc(NC(=O)CSc2nc(N)c(C#N)c(-c3cccs3)c2C#N)c1. The summed E-state index contributed by atoms with van der Waals surface area (Å²) in [7, 11) is 1.55. The van der Waals surface area contributed by atoms with Crippen LogP contribution in [-0.2, 0) is 4.79 Å². The number of thiophene rings is 1. The van der Waals surface area contributed by atoms with Gasteiger partial charge in [0.1, 0.15) is 34.3 Å². The lowest BCUT2D eigenvalue weighted by atomic mass is 10.0. The monoisotopic (exact) mass is 421 g/mol. The highest BCUT2D eigenvalue weighted by atomic mass is 32.2. The Kier molecular flexibility index (Phi) is 6.35. The van der Waals surface area contributed by atoms with E-state index in [-0.39, 0.29) is 28.6 Å². The normalized spacial score (nSPS) is 10.0. The molecule has 0 spiro atoms. The summed E-state index contributed by atoms with van der Waals surface area (Å²) < 4.78 is 5.14. The minimum Gasteiger partial charge on any atom is -0.497 e. The van der Waals surface area contributed by atoms with Gasteiger partial charge in [0.25, 0.3) is 0 Å². The van der Waals surface area contributed by atoms with Crippen LogP contribution < -0.4 is 15.8 Å². The fourth-order valence-corrected chi connectivity index (χ4v) is 4.18. The second-order valence-electron chi connectivity index (χ2n) is 5.70. The zero-order valence-corrected chi connectivity index (χ0v) is 16.9. The van der Waals surface area contributed by atoms with E-state index in [1.165, 1.54) is 11.3 Å². The number of ether oxygens (including phenoxy) is 1. The Morgan fingerprint density at radius 2 is 2.07 bits per heavy atom. The van der Waals surface area contributed by atoms with Crippen LogP contribution in [0.5, 0.6) is 5.75 Å². The molecule has 0 aliphatic rings. The predicted molar refractivity (Wildman–Crippen MR) is 114 cm³/mol. The van der Waals surface area contributed by atoms with E-state index < -0.39 is 0 Å². The molecule has 2 aromatic heterocycles. The van der Waals surface area contributed by atoms with Crippen molar-refractivity contribution in [2.24, 2.45) is 0 Å². The summed E-state index contributed by atoms with van der Waals surface area (Å²) >= 11 is 2.49. The molecule has 7 nitrogen and oxygen atoms in total. The highest BCUT2D eigenvalue weighted by Crippen LogP contribution is 2.37. The summed E-state index contributed by atoms with van der Waals surface area (Å²) in [6.07, 6.45) is 0. The van der Waals surface area contributed by atoms with Gasteiger partial charge in [0.05, 0.1) is 18.4 Å².